The van der Waals surface area contributed by atoms with Gasteiger partial charge in [0.2, 0.25) is 0 Å². The molecule has 1 unspecified atom stereocenters. The number of carbonyl (C=O) groups excluding carboxylic acids is 1. The number of phosphoric ester groups is 1. The fourth-order valence-corrected chi connectivity index (χ4v) is 4.63. The largest absolute Gasteiger partial charge is 0.472 e. The van der Waals surface area contributed by atoms with Crippen LogP contribution >= 0.6 is 7.82 Å². The summed E-state index contributed by atoms with van der Waals surface area (Å²) in [6.07, 6.45) is 21.2. The molecule has 1 aliphatic rings. The third kappa shape index (κ3) is 18.6. The second kappa shape index (κ2) is 19.9. The molecule has 0 fully saturated rings. The minimum Gasteiger partial charge on any atom is -0.460 e. The molecule has 9 heteroatoms. The zero-order valence-corrected chi connectivity index (χ0v) is 22.2. The fourth-order valence-electron chi connectivity index (χ4n) is 3.73. The predicted molar refractivity (Wildman–Crippen MR) is 139 cm³/mol. The number of allylic oxidation sites excluding steroid dienone is 2. The van der Waals surface area contributed by atoms with Crippen LogP contribution in [0, 0.1) is 0 Å². The quantitative estimate of drug-likeness (QED) is 0.249. The highest BCUT2D eigenvalue weighted by Gasteiger charge is 2.24. The SMILES string of the molecule is C[C@@H]1CCCC=CCCCCCCCC[C@@H](O)CC=C[C@@H](OP(=O)(O)OCCN)CC=CC(=O)O1. The number of rotatable bonds is 5. The Morgan fingerprint density at radius 2 is 1.69 bits per heavy atom. The number of aliphatic hydroxyl groups is 1. The Labute approximate surface area is 211 Å². The smallest absolute Gasteiger partial charge is 0.460 e. The molecule has 4 atom stereocenters. The van der Waals surface area contributed by atoms with Crippen molar-refractivity contribution in [2.75, 3.05) is 13.2 Å². The molecule has 35 heavy (non-hydrogen) atoms. The molecular formula is C26H46NO7P. The Morgan fingerprint density at radius 1 is 1.00 bits per heavy atom. The third-order valence-electron chi connectivity index (χ3n) is 5.65. The van der Waals surface area contributed by atoms with Crippen LogP contribution in [0.25, 0.3) is 0 Å². The van der Waals surface area contributed by atoms with E-state index in [-0.39, 0.29) is 25.7 Å². The zero-order valence-electron chi connectivity index (χ0n) is 21.3. The van der Waals surface area contributed by atoms with Gasteiger partial charge in [0.05, 0.1) is 24.9 Å². The number of hydrogen-bond donors (Lipinski definition) is 3. The number of phosphoric acid groups is 1. The standard InChI is InChI=1S/C26H46NO7P/c1-23-15-11-9-7-5-3-2-4-6-8-10-12-16-24(28)17-13-18-25(19-14-20-26(29)33-23)34-35(30,31)32-22-21-27/h5,7,13-14,18,20,23-25,28H,2-4,6,8-12,15-17,19,21-22,27H2,1H3,(H,30,31)/t23-,24-,25-/m1/s1. The number of hydrogen-bond acceptors (Lipinski definition) is 7. The fraction of sp³-hybridized carbons (Fsp3) is 0.731. The Kier molecular flexibility index (Phi) is 18.0. The number of aliphatic hydroxyl groups excluding tert-OH is 1. The average Bonchev–Trinajstić information content (AvgIpc) is 2.79. The molecule has 0 aromatic heterocycles. The van der Waals surface area contributed by atoms with Gasteiger partial charge in [-0.25, -0.2) is 9.36 Å². The first-order valence-corrected chi connectivity index (χ1v) is 14.5. The van der Waals surface area contributed by atoms with Crippen LogP contribution in [0.1, 0.15) is 90.4 Å². The first kappa shape index (κ1) is 31.7. The second-order valence-corrected chi connectivity index (χ2v) is 10.4. The van der Waals surface area contributed by atoms with Crippen LogP contribution in [0.5, 0.6) is 0 Å². The van der Waals surface area contributed by atoms with Crippen molar-refractivity contribution in [1.29, 1.82) is 0 Å². The number of nitrogens with two attached hydrogens (primary N) is 1. The molecule has 0 aromatic carbocycles. The molecule has 0 spiro atoms. The lowest BCUT2D eigenvalue weighted by Gasteiger charge is -2.17. The maximum atomic E-state index is 12.2. The van der Waals surface area contributed by atoms with E-state index in [9.17, 15) is 19.4 Å². The Balaban J connectivity index is 2.74. The normalized spacial score (nSPS) is 27.0. The molecule has 8 nitrogen and oxygen atoms in total. The van der Waals surface area contributed by atoms with Gasteiger partial charge in [-0.3, -0.25) is 9.05 Å². The van der Waals surface area contributed by atoms with E-state index in [1.165, 1.54) is 31.8 Å². The Bertz CT molecular complexity index is 695. The highest BCUT2D eigenvalue weighted by Crippen LogP contribution is 2.45. The molecule has 0 amide bonds. The van der Waals surface area contributed by atoms with Crippen LogP contribution < -0.4 is 5.73 Å². The molecule has 202 valence electrons. The number of ether oxygens (including phenoxy) is 1. The van der Waals surface area contributed by atoms with Crippen LogP contribution in [0.3, 0.4) is 0 Å². The molecule has 1 aliphatic heterocycles. The second-order valence-electron chi connectivity index (χ2n) is 9.04. The van der Waals surface area contributed by atoms with Crippen molar-refractivity contribution in [3.63, 3.8) is 0 Å². The van der Waals surface area contributed by atoms with Gasteiger partial charge < -0.3 is 20.5 Å². The monoisotopic (exact) mass is 515 g/mol. The Morgan fingerprint density at radius 3 is 2.43 bits per heavy atom. The number of cyclic esters (lactones) is 1. The summed E-state index contributed by atoms with van der Waals surface area (Å²) in [7, 11) is -4.31. The molecule has 0 aliphatic carbocycles. The summed E-state index contributed by atoms with van der Waals surface area (Å²) in [4.78, 5) is 22.0. The molecule has 0 saturated carbocycles. The summed E-state index contributed by atoms with van der Waals surface area (Å²) in [5.74, 6) is -0.466. The Hall–Kier alpha value is -1.28. The van der Waals surface area contributed by atoms with Crippen molar-refractivity contribution in [2.24, 2.45) is 5.73 Å². The van der Waals surface area contributed by atoms with Crippen molar-refractivity contribution in [2.45, 2.75) is 109 Å². The van der Waals surface area contributed by atoms with Crippen molar-refractivity contribution in [3.05, 3.63) is 36.5 Å². The molecule has 0 bridgehead atoms. The van der Waals surface area contributed by atoms with Crippen molar-refractivity contribution < 1.29 is 33.1 Å². The predicted octanol–water partition coefficient (Wildman–Crippen LogP) is 5.49. The lowest BCUT2D eigenvalue weighted by atomic mass is 10.0. The van der Waals surface area contributed by atoms with E-state index >= 15 is 0 Å². The van der Waals surface area contributed by atoms with Gasteiger partial charge in [0.25, 0.3) is 0 Å². The molecule has 0 aromatic rings. The summed E-state index contributed by atoms with van der Waals surface area (Å²) >= 11 is 0. The first-order valence-electron chi connectivity index (χ1n) is 13.0. The molecule has 1 heterocycles. The van der Waals surface area contributed by atoms with E-state index < -0.39 is 26.0 Å². The van der Waals surface area contributed by atoms with Crippen molar-refractivity contribution in [3.8, 4) is 0 Å². The summed E-state index contributed by atoms with van der Waals surface area (Å²) < 4.78 is 27.6. The molecule has 0 saturated heterocycles. The van der Waals surface area contributed by atoms with Gasteiger partial charge in [0.1, 0.15) is 0 Å². The molecule has 4 N–H and O–H groups in total. The van der Waals surface area contributed by atoms with Crippen LogP contribution in [-0.4, -0.2) is 47.4 Å². The van der Waals surface area contributed by atoms with E-state index in [0.29, 0.717) is 12.8 Å². The lowest BCUT2D eigenvalue weighted by Crippen LogP contribution is -2.14. The summed E-state index contributed by atoms with van der Waals surface area (Å²) in [5.41, 5.74) is 5.33. The average molecular weight is 516 g/mol. The minimum absolute atomic E-state index is 0.0842. The molecule has 0 radical (unpaired) electrons. The van der Waals surface area contributed by atoms with Gasteiger partial charge in [-0.2, -0.15) is 0 Å². The van der Waals surface area contributed by atoms with E-state index in [2.05, 4.69) is 12.2 Å². The highest BCUT2D eigenvalue weighted by atomic mass is 31.2. The number of esters is 1. The van der Waals surface area contributed by atoms with Crippen LogP contribution in [0.15, 0.2) is 36.5 Å². The minimum atomic E-state index is -4.31. The van der Waals surface area contributed by atoms with Crippen molar-refractivity contribution >= 4 is 13.8 Å². The van der Waals surface area contributed by atoms with Gasteiger partial charge in [-0.15, -0.1) is 0 Å². The van der Waals surface area contributed by atoms with Crippen LogP contribution in [0.4, 0.5) is 0 Å². The lowest BCUT2D eigenvalue weighted by molar-refractivity contribution is -0.142. The van der Waals surface area contributed by atoms with Gasteiger partial charge in [-0.05, 0) is 58.3 Å². The van der Waals surface area contributed by atoms with Gasteiger partial charge in [0, 0.05) is 12.6 Å². The molecule has 1 rings (SSSR count). The highest BCUT2D eigenvalue weighted by molar-refractivity contribution is 7.47. The maximum absolute atomic E-state index is 12.2. The van der Waals surface area contributed by atoms with E-state index in [1.54, 1.807) is 18.2 Å². The number of carbonyl (C=O) groups is 1. The van der Waals surface area contributed by atoms with Crippen molar-refractivity contribution in [1.82, 2.24) is 0 Å². The van der Waals surface area contributed by atoms with Gasteiger partial charge >= 0.3 is 13.8 Å². The first-order chi connectivity index (χ1) is 16.8. The van der Waals surface area contributed by atoms with E-state index in [0.717, 1.165) is 38.5 Å². The van der Waals surface area contributed by atoms with E-state index in [4.69, 9.17) is 19.5 Å². The third-order valence-corrected chi connectivity index (χ3v) is 6.69. The molecular weight excluding hydrogens is 469 g/mol. The summed E-state index contributed by atoms with van der Waals surface area (Å²) in [6, 6.07) is 0. The summed E-state index contributed by atoms with van der Waals surface area (Å²) in [6.45, 7) is 1.84. The zero-order chi connectivity index (χ0) is 25.8. The van der Waals surface area contributed by atoms with Crippen LogP contribution in [-0.2, 0) is 23.1 Å². The van der Waals surface area contributed by atoms with Gasteiger partial charge in [-0.1, -0.05) is 62.5 Å². The topological polar surface area (TPSA) is 128 Å². The van der Waals surface area contributed by atoms with Crippen LogP contribution in [0.2, 0.25) is 0 Å². The maximum Gasteiger partial charge on any atom is 0.472 e. The summed E-state index contributed by atoms with van der Waals surface area (Å²) in [5, 5.41) is 10.3. The van der Waals surface area contributed by atoms with Gasteiger partial charge in [0.15, 0.2) is 0 Å². The van der Waals surface area contributed by atoms with E-state index in [1.807, 2.05) is 6.92 Å².